The van der Waals surface area contributed by atoms with Crippen LogP contribution in [-0.2, 0) is 23.8 Å². The van der Waals surface area contributed by atoms with Crippen LogP contribution in [0.3, 0.4) is 0 Å². The van der Waals surface area contributed by atoms with Crippen molar-refractivity contribution in [3.8, 4) is 17.2 Å². The number of hydrogen-bond acceptors (Lipinski definition) is 10. The monoisotopic (exact) mass is 678 g/mol. The minimum atomic E-state index is -0.566. The van der Waals surface area contributed by atoms with Crippen LogP contribution in [0, 0.1) is 12.7 Å². The Morgan fingerprint density at radius 2 is 1.04 bits per heavy atom. The summed E-state index contributed by atoms with van der Waals surface area (Å²) in [4.78, 5) is 45.0. The molecule has 0 saturated carbocycles. The van der Waals surface area contributed by atoms with Gasteiger partial charge in [0, 0.05) is 18.2 Å². The number of benzene rings is 3. The fourth-order valence-electron chi connectivity index (χ4n) is 3.90. The molecule has 0 aliphatic rings. The maximum absolute atomic E-state index is 13.5. The summed E-state index contributed by atoms with van der Waals surface area (Å²) in [5, 5.41) is 0. The van der Waals surface area contributed by atoms with Crippen LogP contribution >= 0.6 is 0 Å². The molecule has 11 heteroatoms. The van der Waals surface area contributed by atoms with E-state index in [0.717, 1.165) is 50.7 Å². The molecule has 0 bridgehead atoms. The standard InChI is InChI=1S/C22H23FO5.C16H20O5/c1-3-21(24)27-14-6-4-5-13-26-18-11-8-17(9-12-18)22(25)28-19-10-7-16(2)20(23)15-19;1-3-15(17)21-12-6-4-5-11-20-14-9-7-13(8-10-14)16(18)19-2/h3,7-12,15H,1,4-6,13-14H2,2H3;3,7-10H,1,4-6,11-12H2,2H3. The van der Waals surface area contributed by atoms with Crippen molar-refractivity contribution in [1.29, 1.82) is 0 Å². The Bertz CT molecular complexity index is 1500. The SMILES string of the molecule is C=CC(=O)OCCCCCOc1ccc(C(=O)OC)cc1.C=CC(=O)OCCCCCOc1ccc(C(=O)Oc2ccc(C)c(F)c2)cc1. The van der Waals surface area contributed by atoms with Gasteiger partial charge in [0.25, 0.3) is 0 Å². The first-order chi connectivity index (χ1) is 23.7. The predicted molar refractivity (Wildman–Crippen MR) is 181 cm³/mol. The molecule has 3 rings (SSSR count). The van der Waals surface area contributed by atoms with Gasteiger partial charge in [0.05, 0.1) is 44.7 Å². The molecule has 3 aromatic carbocycles. The van der Waals surface area contributed by atoms with Gasteiger partial charge in [-0.15, -0.1) is 0 Å². The molecule has 0 aromatic heterocycles. The Hall–Kier alpha value is -5.45. The largest absolute Gasteiger partial charge is 0.494 e. The second-order valence-corrected chi connectivity index (χ2v) is 10.4. The van der Waals surface area contributed by atoms with Gasteiger partial charge in [-0.25, -0.2) is 23.6 Å². The van der Waals surface area contributed by atoms with Gasteiger partial charge >= 0.3 is 23.9 Å². The zero-order valence-electron chi connectivity index (χ0n) is 28.0. The zero-order valence-corrected chi connectivity index (χ0v) is 28.0. The zero-order chi connectivity index (χ0) is 35.9. The molecule has 0 atom stereocenters. The number of carbonyl (C=O) groups excluding carboxylic acids is 4. The van der Waals surface area contributed by atoms with Crippen molar-refractivity contribution in [1.82, 2.24) is 0 Å². The van der Waals surface area contributed by atoms with Crippen molar-refractivity contribution in [3.05, 3.63) is 115 Å². The molecule has 0 amide bonds. The molecular formula is C38H43FO10. The highest BCUT2D eigenvalue weighted by molar-refractivity contribution is 5.91. The molecule has 3 aromatic rings. The highest BCUT2D eigenvalue weighted by Gasteiger charge is 2.10. The van der Waals surface area contributed by atoms with Crippen molar-refractivity contribution in [2.75, 3.05) is 33.5 Å². The first-order valence-corrected chi connectivity index (χ1v) is 15.8. The number of esters is 4. The van der Waals surface area contributed by atoms with Gasteiger partial charge in [-0.3, -0.25) is 0 Å². The summed E-state index contributed by atoms with van der Waals surface area (Å²) in [7, 11) is 1.35. The Balaban J connectivity index is 0.000000355. The summed E-state index contributed by atoms with van der Waals surface area (Å²) < 4.78 is 44.2. The van der Waals surface area contributed by atoms with E-state index in [1.54, 1.807) is 67.6 Å². The molecular weight excluding hydrogens is 635 g/mol. The fraction of sp³-hybridized carbons (Fsp3) is 0.316. The number of halogens is 1. The lowest BCUT2D eigenvalue weighted by Gasteiger charge is -2.08. The number of ether oxygens (including phenoxy) is 6. The first-order valence-electron chi connectivity index (χ1n) is 15.8. The average molecular weight is 679 g/mol. The molecule has 0 fully saturated rings. The van der Waals surface area contributed by atoms with Crippen molar-refractivity contribution in [2.24, 2.45) is 0 Å². The van der Waals surface area contributed by atoms with E-state index in [1.807, 2.05) is 0 Å². The third-order valence-corrected chi connectivity index (χ3v) is 6.66. The minimum absolute atomic E-state index is 0.159. The molecule has 0 N–H and O–H groups in total. The fourth-order valence-corrected chi connectivity index (χ4v) is 3.90. The molecule has 0 heterocycles. The summed E-state index contributed by atoms with van der Waals surface area (Å²) in [6.45, 7) is 10.1. The van der Waals surface area contributed by atoms with Crippen LogP contribution in [0.5, 0.6) is 17.2 Å². The van der Waals surface area contributed by atoms with Crippen molar-refractivity contribution in [3.63, 3.8) is 0 Å². The molecule has 0 aliphatic carbocycles. The molecule has 0 aliphatic heterocycles. The van der Waals surface area contributed by atoms with Crippen LogP contribution in [0.15, 0.2) is 92.0 Å². The second-order valence-electron chi connectivity index (χ2n) is 10.4. The smallest absolute Gasteiger partial charge is 0.343 e. The van der Waals surface area contributed by atoms with Gasteiger partial charge < -0.3 is 28.4 Å². The van der Waals surface area contributed by atoms with Gasteiger partial charge in [-0.2, -0.15) is 0 Å². The molecule has 262 valence electrons. The maximum Gasteiger partial charge on any atom is 0.343 e. The lowest BCUT2D eigenvalue weighted by molar-refractivity contribution is -0.138. The Morgan fingerprint density at radius 1 is 0.612 bits per heavy atom. The normalized spacial score (nSPS) is 10.0. The molecule has 0 spiro atoms. The third-order valence-electron chi connectivity index (χ3n) is 6.66. The lowest BCUT2D eigenvalue weighted by Crippen LogP contribution is -2.08. The van der Waals surface area contributed by atoms with Crippen LogP contribution in [0.2, 0.25) is 0 Å². The summed E-state index contributed by atoms with van der Waals surface area (Å²) in [6, 6.07) is 17.6. The van der Waals surface area contributed by atoms with E-state index in [1.165, 1.54) is 13.2 Å². The van der Waals surface area contributed by atoms with E-state index < -0.39 is 23.7 Å². The number of carbonyl (C=O) groups is 4. The van der Waals surface area contributed by atoms with Gasteiger partial charge in [-0.1, -0.05) is 19.2 Å². The quantitative estimate of drug-likeness (QED) is 0.0417. The molecule has 0 radical (unpaired) electrons. The second kappa shape index (κ2) is 23.0. The summed E-state index contributed by atoms with van der Waals surface area (Å²) >= 11 is 0. The Kier molecular flexibility index (Phi) is 18.6. The van der Waals surface area contributed by atoms with E-state index in [9.17, 15) is 23.6 Å². The summed E-state index contributed by atoms with van der Waals surface area (Å²) in [5.41, 5.74) is 1.32. The van der Waals surface area contributed by atoms with E-state index in [-0.39, 0.29) is 11.7 Å². The maximum atomic E-state index is 13.5. The van der Waals surface area contributed by atoms with E-state index in [2.05, 4.69) is 17.9 Å². The summed E-state index contributed by atoms with van der Waals surface area (Å²) in [5.74, 6) is -0.657. The van der Waals surface area contributed by atoms with Gasteiger partial charge in [0.2, 0.25) is 0 Å². The summed E-state index contributed by atoms with van der Waals surface area (Å²) in [6.07, 6.45) is 7.30. The van der Waals surface area contributed by atoms with Crippen molar-refractivity contribution < 1.29 is 52.0 Å². The molecule has 0 saturated heterocycles. The lowest BCUT2D eigenvalue weighted by atomic mass is 10.2. The number of aryl methyl sites for hydroxylation is 1. The van der Waals surface area contributed by atoms with Crippen molar-refractivity contribution in [2.45, 2.75) is 45.4 Å². The number of rotatable bonds is 19. The first kappa shape index (κ1) is 39.7. The van der Waals surface area contributed by atoms with Crippen LogP contribution in [0.1, 0.15) is 64.8 Å². The van der Waals surface area contributed by atoms with Crippen LogP contribution in [0.25, 0.3) is 0 Å². The predicted octanol–water partition coefficient (Wildman–Crippen LogP) is 7.38. The van der Waals surface area contributed by atoms with Gasteiger partial charge in [0.1, 0.15) is 23.1 Å². The topological polar surface area (TPSA) is 124 Å². The Labute approximate surface area is 286 Å². The van der Waals surface area contributed by atoms with E-state index in [4.69, 9.17) is 23.7 Å². The number of methoxy groups -OCH3 is 1. The average Bonchev–Trinajstić information content (AvgIpc) is 3.12. The highest BCUT2D eigenvalue weighted by atomic mass is 19.1. The van der Waals surface area contributed by atoms with Gasteiger partial charge in [-0.05, 0) is 106 Å². The number of unbranched alkanes of at least 4 members (excludes halogenated alkanes) is 4. The minimum Gasteiger partial charge on any atom is -0.494 e. The molecule has 0 unspecified atom stereocenters. The van der Waals surface area contributed by atoms with E-state index in [0.29, 0.717) is 54.6 Å². The Morgan fingerprint density at radius 3 is 1.47 bits per heavy atom. The van der Waals surface area contributed by atoms with Crippen LogP contribution < -0.4 is 14.2 Å². The van der Waals surface area contributed by atoms with Crippen LogP contribution in [0.4, 0.5) is 4.39 Å². The third kappa shape index (κ3) is 16.3. The van der Waals surface area contributed by atoms with Gasteiger partial charge in [0.15, 0.2) is 0 Å². The molecule has 10 nitrogen and oxygen atoms in total. The van der Waals surface area contributed by atoms with E-state index >= 15 is 0 Å². The van der Waals surface area contributed by atoms with Crippen LogP contribution in [-0.4, -0.2) is 57.4 Å². The number of hydrogen-bond donors (Lipinski definition) is 0. The molecule has 49 heavy (non-hydrogen) atoms. The highest BCUT2D eigenvalue weighted by Crippen LogP contribution is 2.19. The van der Waals surface area contributed by atoms with Crippen molar-refractivity contribution >= 4 is 23.9 Å².